The van der Waals surface area contributed by atoms with E-state index in [2.05, 4.69) is 5.32 Å². The minimum absolute atomic E-state index is 0.0397. The minimum Gasteiger partial charge on any atom is -0.478 e. The zero-order chi connectivity index (χ0) is 17.7. The van der Waals surface area contributed by atoms with Gasteiger partial charge in [-0.05, 0) is 50.2 Å². The van der Waals surface area contributed by atoms with E-state index in [1.165, 1.54) is 24.8 Å². The Balaban J connectivity index is 2.05. The Morgan fingerprint density at radius 1 is 1.04 bits per heavy atom. The first kappa shape index (κ1) is 17.7. The van der Waals surface area contributed by atoms with Crippen LogP contribution < -0.4 is 5.32 Å². The number of hydrogen-bond donors (Lipinski definition) is 2. The van der Waals surface area contributed by atoms with Gasteiger partial charge in [-0.15, -0.1) is 11.8 Å². The Labute approximate surface area is 144 Å². The van der Waals surface area contributed by atoms with Crippen LogP contribution in [0.5, 0.6) is 0 Å². The fourth-order valence-electron chi connectivity index (χ4n) is 2.02. The molecule has 0 heterocycles. The van der Waals surface area contributed by atoms with Gasteiger partial charge in [0.15, 0.2) is 5.78 Å². The van der Waals surface area contributed by atoms with Crippen molar-refractivity contribution in [2.24, 2.45) is 0 Å². The molecule has 6 heteroatoms. The Kier molecular flexibility index (Phi) is 5.76. The molecule has 0 spiro atoms. The number of carboxylic acids is 1. The first-order valence-corrected chi connectivity index (χ1v) is 8.17. The Hall–Kier alpha value is -2.60. The maximum Gasteiger partial charge on any atom is 0.336 e. The number of nitrogens with one attached hydrogen (secondary N) is 1. The van der Waals surface area contributed by atoms with E-state index in [0.29, 0.717) is 16.1 Å². The maximum atomic E-state index is 12.3. The van der Waals surface area contributed by atoms with Crippen LogP contribution in [0.4, 0.5) is 5.69 Å². The van der Waals surface area contributed by atoms with Crippen molar-refractivity contribution in [2.45, 2.75) is 24.0 Å². The van der Waals surface area contributed by atoms with E-state index in [9.17, 15) is 19.5 Å². The van der Waals surface area contributed by atoms with Crippen molar-refractivity contribution in [3.05, 3.63) is 59.7 Å². The van der Waals surface area contributed by atoms with Gasteiger partial charge < -0.3 is 10.4 Å². The number of carbonyl (C=O) groups is 3. The molecule has 5 nitrogen and oxygen atoms in total. The summed E-state index contributed by atoms with van der Waals surface area (Å²) in [5, 5.41) is 11.5. The predicted molar refractivity (Wildman–Crippen MR) is 93.8 cm³/mol. The van der Waals surface area contributed by atoms with Crippen LogP contribution in [-0.4, -0.2) is 28.0 Å². The van der Waals surface area contributed by atoms with Gasteiger partial charge in [-0.1, -0.05) is 12.1 Å². The third kappa shape index (κ3) is 4.45. The summed E-state index contributed by atoms with van der Waals surface area (Å²) >= 11 is 1.19. The Morgan fingerprint density at radius 3 is 2.25 bits per heavy atom. The number of carbonyl (C=O) groups excluding carboxylic acids is 2. The molecular weight excluding hydrogens is 326 g/mol. The highest BCUT2D eigenvalue weighted by Gasteiger charge is 2.18. The number of Topliss-reactive ketones (excluding diaryl/α,β-unsaturated/α-hetero) is 1. The average Bonchev–Trinajstić information content (AvgIpc) is 2.55. The average molecular weight is 343 g/mol. The van der Waals surface area contributed by atoms with Crippen molar-refractivity contribution in [1.29, 1.82) is 0 Å². The summed E-state index contributed by atoms with van der Waals surface area (Å²) in [6.07, 6.45) is 0. The molecule has 2 aromatic carbocycles. The molecule has 0 aliphatic heterocycles. The number of thioether (sulfide) groups is 1. The minimum atomic E-state index is -1.02. The van der Waals surface area contributed by atoms with E-state index >= 15 is 0 Å². The molecule has 24 heavy (non-hydrogen) atoms. The second-order valence-corrected chi connectivity index (χ2v) is 6.57. The quantitative estimate of drug-likeness (QED) is 0.617. The number of hydrogen-bond acceptors (Lipinski definition) is 4. The monoisotopic (exact) mass is 343 g/mol. The lowest BCUT2D eigenvalue weighted by Gasteiger charge is -2.13. The molecule has 0 bridgehead atoms. The third-order valence-corrected chi connectivity index (χ3v) is 4.53. The van der Waals surface area contributed by atoms with Gasteiger partial charge in [0, 0.05) is 16.1 Å². The number of rotatable bonds is 6. The number of amides is 1. The fourth-order valence-corrected chi connectivity index (χ4v) is 3.01. The molecule has 0 saturated carbocycles. The van der Waals surface area contributed by atoms with Gasteiger partial charge in [-0.25, -0.2) is 4.79 Å². The third-order valence-electron chi connectivity index (χ3n) is 3.35. The van der Waals surface area contributed by atoms with Crippen molar-refractivity contribution in [1.82, 2.24) is 0 Å². The van der Waals surface area contributed by atoms with Crippen LogP contribution in [0.15, 0.2) is 53.4 Å². The van der Waals surface area contributed by atoms with E-state index in [4.69, 9.17) is 0 Å². The number of ketones is 1. The summed E-state index contributed by atoms with van der Waals surface area (Å²) in [7, 11) is 0. The molecule has 0 unspecified atom stereocenters. The highest BCUT2D eigenvalue weighted by atomic mass is 32.2. The fraction of sp³-hybridized carbons (Fsp3) is 0.167. The van der Waals surface area contributed by atoms with Gasteiger partial charge in [0.2, 0.25) is 5.91 Å². The van der Waals surface area contributed by atoms with Crippen LogP contribution in [0.25, 0.3) is 0 Å². The van der Waals surface area contributed by atoms with Gasteiger partial charge in [0.05, 0.1) is 10.8 Å². The zero-order valence-electron chi connectivity index (χ0n) is 13.3. The van der Waals surface area contributed by atoms with Crippen molar-refractivity contribution in [3.63, 3.8) is 0 Å². The molecule has 0 radical (unpaired) electrons. The summed E-state index contributed by atoms with van der Waals surface area (Å²) in [6, 6.07) is 13.2. The first-order valence-electron chi connectivity index (χ1n) is 7.29. The van der Waals surface area contributed by atoms with Gasteiger partial charge in [-0.3, -0.25) is 9.59 Å². The molecular formula is C18H17NO4S. The van der Waals surface area contributed by atoms with E-state index < -0.39 is 11.2 Å². The van der Waals surface area contributed by atoms with Gasteiger partial charge in [0.25, 0.3) is 0 Å². The van der Waals surface area contributed by atoms with Gasteiger partial charge >= 0.3 is 5.97 Å². The second-order valence-electron chi connectivity index (χ2n) is 5.18. The topological polar surface area (TPSA) is 83.5 Å². The number of aromatic carboxylic acids is 1. The summed E-state index contributed by atoms with van der Waals surface area (Å²) in [5.41, 5.74) is 1.34. The number of benzene rings is 2. The van der Waals surface area contributed by atoms with Crippen LogP contribution >= 0.6 is 11.8 Å². The number of carboxylic acid groups (broad SMARTS) is 1. The maximum absolute atomic E-state index is 12.3. The van der Waals surface area contributed by atoms with E-state index in [1.807, 2.05) is 0 Å². The van der Waals surface area contributed by atoms with Gasteiger partial charge in [-0.2, -0.15) is 0 Å². The molecule has 0 aromatic heterocycles. The lowest BCUT2D eigenvalue weighted by molar-refractivity contribution is -0.115. The van der Waals surface area contributed by atoms with E-state index in [0.717, 1.165) is 0 Å². The normalized spacial score (nSPS) is 11.6. The van der Waals surface area contributed by atoms with Crippen LogP contribution in [0.2, 0.25) is 0 Å². The molecule has 0 aliphatic carbocycles. The molecule has 2 N–H and O–H groups in total. The second kappa shape index (κ2) is 7.79. The zero-order valence-corrected chi connectivity index (χ0v) is 14.1. The summed E-state index contributed by atoms with van der Waals surface area (Å²) in [5.74, 6) is -1.30. The van der Waals surface area contributed by atoms with Crippen LogP contribution in [0, 0.1) is 0 Å². The highest BCUT2D eigenvalue weighted by Crippen LogP contribution is 2.27. The lowest BCUT2D eigenvalue weighted by atomic mass is 10.1. The molecule has 1 amide bonds. The summed E-state index contributed by atoms with van der Waals surface area (Å²) in [6.45, 7) is 3.19. The lowest BCUT2D eigenvalue weighted by Crippen LogP contribution is -2.22. The van der Waals surface area contributed by atoms with Crippen LogP contribution in [0.1, 0.15) is 34.6 Å². The molecule has 0 aliphatic rings. The summed E-state index contributed by atoms with van der Waals surface area (Å²) in [4.78, 5) is 35.3. The van der Waals surface area contributed by atoms with Crippen LogP contribution in [0.3, 0.4) is 0 Å². The van der Waals surface area contributed by atoms with Crippen molar-refractivity contribution >= 4 is 35.1 Å². The molecule has 124 valence electrons. The van der Waals surface area contributed by atoms with Crippen molar-refractivity contribution in [3.8, 4) is 0 Å². The van der Waals surface area contributed by atoms with Gasteiger partial charge in [0.1, 0.15) is 0 Å². The smallest absolute Gasteiger partial charge is 0.336 e. The highest BCUT2D eigenvalue weighted by molar-refractivity contribution is 8.00. The van der Waals surface area contributed by atoms with Crippen molar-refractivity contribution < 1.29 is 19.5 Å². The van der Waals surface area contributed by atoms with Crippen molar-refractivity contribution in [2.75, 3.05) is 5.32 Å². The number of anilines is 1. The molecule has 2 aromatic rings. The Bertz CT molecular complexity index is 771. The molecule has 1 atom stereocenters. The predicted octanol–water partition coefficient (Wildman–Crippen LogP) is 3.71. The molecule has 0 fully saturated rings. The van der Waals surface area contributed by atoms with E-state index in [-0.39, 0.29) is 17.3 Å². The first-order chi connectivity index (χ1) is 11.4. The largest absolute Gasteiger partial charge is 0.478 e. The van der Waals surface area contributed by atoms with Crippen LogP contribution in [-0.2, 0) is 4.79 Å². The standard InChI is InChI=1S/C18H17NO4S/c1-11(20)13-7-9-14(10-8-13)19-17(21)12(2)24-16-6-4-3-5-15(16)18(22)23/h3-10,12H,1-2H3,(H,19,21)(H,22,23)/t12-/m0/s1. The summed E-state index contributed by atoms with van der Waals surface area (Å²) < 4.78 is 0. The Morgan fingerprint density at radius 2 is 1.67 bits per heavy atom. The molecule has 0 saturated heterocycles. The van der Waals surface area contributed by atoms with E-state index in [1.54, 1.807) is 49.4 Å². The molecule has 2 rings (SSSR count). The SMILES string of the molecule is CC(=O)c1ccc(NC(=O)[C@H](C)Sc2ccccc2C(=O)O)cc1.